The summed E-state index contributed by atoms with van der Waals surface area (Å²) in [5.74, 6) is 0. The third-order valence-electron chi connectivity index (χ3n) is 2.24. The molecule has 0 nitrogen and oxygen atoms in total. The monoisotopic (exact) mass is 246 g/mol. The van der Waals surface area contributed by atoms with Crippen LogP contribution in [0.15, 0.2) is 30.9 Å². The SMILES string of the molecule is C=CC(S)(CC)c1cc(Cl)cc(Cl)c1. The molecule has 76 valence electrons. The third kappa shape index (κ3) is 2.47. The smallest absolute Gasteiger partial charge is 0.0553 e. The van der Waals surface area contributed by atoms with Crippen LogP contribution in [0, 0.1) is 0 Å². The van der Waals surface area contributed by atoms with Gasteiger partial charge in [-0.15, -0.1) is 6.58 Å². The average molecular weight is 247 g/mol. The van der Waals surface area contributed by atoms with Gasteiger partial charge < -0.3 is 0 Å². The van der Waals surface area contributed by atoms with Gasteiger partial charge in [0.25, 0.3) is 0 Å². The molecule has 0 aliphatic heterocycles. The molecule has 0 saturated heterocycles. The Balaban J connectivity index is 3.23. The van der Waals surface area contributed by atoms with Gasteiger partial charge in [0, 0.05) is 10.0 Å². The number of thiol groups is 1. The Hall–Kier alpha value is -0.110. The highest BCUT2D eigenvalue weighted by atomic mass is 35.5. The van der Waals surface area contributed by atoms with Crippen LogP contribution in [0.5, 0.6) is 0 Å². The molecule has 0 aromatic heterocycles. The second-order valence-corrected chi connectivity index (χ2v) is 4.81. The minimum absolute atomic E-state index is 0.353. The maximum absolute atomic E-state index is 5.92. The molecule has 1 unspecified atom stereocenters. The molecule has 3 heteroatoms. The Morgan fingerprint density at radius 2 is 1.86 bits per heavy atom. The molecular weight excluding hydrogens is 235 g/mol. The van der Waals surface area contributed by atoms with Crippen molar-refractivity contribution in [3.8, 4) is 0 Å². The molecule has 0 N–H and O–H groups in total. The maximum Gasteiger partial charge on any atom is 0.0553 e. The number of hydrogen-bond acceptors (Lipinski definition) is 1. The Morgan fingerprint density at radius 3 is 2.21 bits per heavy atom. The van der Waals surface area contributed by atoms with Gasteiger partial charge in [-0.3, -0.25) is 0 Å². The van der Waals surface area contributed by atoms with Crippen LogP contribution in [0.25, 0.3) is 0 Å². The van der Waals surface area contributed by atoms with Crippen LogP contribution >= 0.6 is 35.8 Å². The van der Waals surface area contributed by atoms with Crippen molar-refractivity contribution >= 4 is 35.8 Å². The Labute approximate surface area is 100 Å². The van der Waals surface area contributed by atoms with Gasteiger partial charge in [-0.1, -0.05) is 36.2 Å². The summed E-state index contributed by atoms with van der Waals surface area (Å²) in [6.07, 6.45) is 2.65. The van der Waals surface area contributed by atoms with Gasteiger partial charge in [0.15, 0.2) is 0 Å². The van der Waals surface area contributed by atoms with Crippen LogP contribution in [0.1, 0.15) is 18.9 Å². The van der Waals surface area contributed by atoms with Crippen LogP contribution in [0.4, 0.5) is 0 Å². The summed E-state index contributed by atoms with van der Waals surface area (Å²) < 4.78 is -0.353. The summed E-state index contributed by atoms with van der Waals surface area (Å²) in [4.78, 5) is 0. The molecule has 14 heavy (non-hydrogen) atoms. The molecule has 1 aromatic rings. The third-order valence-corrected chi connectivity index (χ3v) is 3.43. The summed E-state index contributed by atoms with van der Waals surface area (Å²) >= 11 is 16.4. The van der Waals surface area contributed by atoms with E-state index in [2.05, 4.69) is 19.2 Å². The zero-order chi connectivity index (χ0) is 10.8. The van der Waals surface area contributed by atoms with Gasteiger partial charge in [0.1, 0.15) is 0 Å². The van der Waals surface area contributed by atoms with Gasteiger partial charge in [-0.25, -0.2) is 0 Å². The van der Waals surface area contributed by atoms with Crippen LogP contribution in [-0.4, -0.2) is 0 Å². The van der Waals surface area contributed by atoms with Crippen molar-refractivity contribution in [2.45, 2.75) is 18.1 Å². The molecule has 1 rings (SSSR count). The molecule has 0 spiro atoms. The Kier molecular flexibility index (Phi) is 3.94. The quantitative estimate of drug-likeness (QED) is 0.580. The van der Waals surface area contributed by atoms with E-state index in [1.165, 1.54) is 0 Å². The molecule has 0 saturated carbocycles. The number of rotatable bonds is 3. The van der Waals surface area contributed by atoms with Crippen LogP contribution < -0.4 is 0 Å². The molecule has 1 aromatic carbocycles. The lowest BCUT2D eigenvalue weighted by Gasteiger charge is -2.23. The summed E-state index contributed by atoms with van der Waals surface area (Å²) in [6.45, 7) is 5.82. The lowest BCUT2D eigenvalue weighted by Crippen LogP contribution is -2.13. The van der Waals surface area contributed by atoms with Crippen molar-refractivity contribution in [3.05, 3.63) is 46.5 Å². The van der Waals surface area contributed by atoms with Crippen LogP contribution in [0.3, 0.4) is 0 Å². The van der Waals surface area contributed by atoms with Crippen molar-refractivity contribution in [1.82, 2.24) is 0 Å². The first-order valence-electron chi connectivity index (χ1n) is 4.34. The lowest BCUT2D eigenvalue weighted by atomic mass is 9.95. The van der Waals surface area contributed by atoms with Crippen molar-refractivity contribution in [1.29, 1.82) is 0 Å². The normalized spacial score (nSPS) is 14.9. The van der Waals surface area contributed by atoms with Crippen LogP contribution in [0.2, 0.25) is 10.0 Å². The fraction of sp³-hybridized carbons (Fsp3) is 0.273. The van der Waals surface area contributed by atoms with E-state index in [9.17, 15) is 0 Å². The second-order valence-electron chi connectivity index (χ2n) is 3.14. The van der Waals surface area contributed by atoms with E-state index >= 15 is 0 Å². The first-order valence-corrected chi connectivity index (χ1v) is 5.54. The molecule has 0 fully saturated rings. The number of benzene rings is 1. The van der Waals surface area contributed by atoms with E-state index in [-0.39, 0.29) is 4.75 Å². The summed E-state index contributed by atoms with van der Waals surface area (Å²) in [6, 6.07) is 5.44. The predicted octanol–water partition coefficient (Wildman–Crippen LogP) is 4.71. The summed E-state index contributed by atoms with van der Waals surface area (Å²) in [5, 5.41) is 1.25. The summed E-state index contributed by atoms with van der Waals surface area (Å²) in [5.41, 5.74) is 0.982. The second kappa shape index (κ2) is 4.61. The van der Waals surface area contributed by atoms with Gasteiger partial charge >= 0.3 is 0 Å². The first-order chi connectivity index (χ1) is 6.51. The number of halogens is 2. The molecule has 0 heterocycles. The first kappa shape index (κ1) is 12.0. The molecule has 0 aliphatic rings. The van der Waals surface area contributed by atoms with Crippen LogP contribution in [-0.2, 0) is 4.75 Å². The Morgan fingerprint density at radius 1 is 1.36 bits per heavy atom. The van der Waals surface area contributed by atoms with E-state index in [1.807, 2.05) is 19.1 Å². The van der Waals surface area contributed by atoms with Gasteiger partial charge in [0.2, 0.25) is 0 Å². The topological polar surface area (TPSA) is 0 Å². The molecular formula is C11H12Cl2S. The average Bonchev–Trinajstić information content (AvgIpc) is 2.15. The van der Waals surface area contributed by atoms with Gasteiger partial charge in [-0.2, -0.15) is 12.6 Å². The van der Waals surface area contributed by atoms with Crippen molar-refractivity contribution in [2.75, 3.05) is 0 Å². The maximum atomic E-state index is 5.92. The zero-order valence-electron chi connectivity index (χ0n) is 7.93. The van der Waals surface area contributed by atoms with E-state index < -0.39 is 0 Å². The Bertz CT molecular complexity index is 329. The van der Waals surface area contributed by atoms with Crippen molar-refractivity contribution in [2.24, 2.45) is 0 Å². The van der Waals surface area contributed by atoms with E-state index in [0.29, 0.717) is 10.0 Å². The molecule has 1 atom stereocenters. The standard InChI is InChI=1S/C11H12Cl2S/c1-3-11(14,4-2)8-5-9(12)7-10(13)6-8/h3,5-7,14H,1,4H2,2H3. The van der Waals surface area contributed by atoms with Gasteiger partial charge in [-0.05, 0) is 30.2 Å². The van der Waals surface area contributed by atoms with Crippen molar-refractivity contribution < 1.29 is 0 Å². The summed E-state index contributed by atoms with van der Waals surface area (Å²) in [7, 11) is 0. The molecule has 0 aliphatic carbocycles. The van der Waals surface area contributed by atoms with Gasteiger partial charge in [0.05, 0.1) is 4.75 Å². The minimum atomic E-state index is -0.353. The molecule has 0 radical (unpaired) electrons. The fourth-order valence-corrected chi connectivity index (χ4v) is 1.93. The lowest BCUT2D eigenvalue weighted by molar-refractivity contribution is 0.746. The van der Waals surface area contributed by atoms with E-state index in [0.717, 1.165) is 12.0 Å². The highest BCUT2D eigenvalue weighted by Crippen LogP contribution is 2.36. The minimum Gasteiger partial charge on any atom is -0.163 e. The predicted molar refractivity (Wildman–Crippen MR) is 67.6 cm³/mol. The van der Waals surface area contributed by atoms with E-state index in [1.54, 1.807) is 12.1 Å². The molecule has 0 amide bonds. The van der Waals surface area contributed by atoms with E-state index in [4.69, 9.17) is 23.2 Å². The zero-order valence-corrected chi connectivity index (χ0v) is 10.3. The van der Waals surface area contributed by atoms with Crippen molar-refractivity contribution in [3.63, 3.8) is 0 Å². The molecule has 0 bridgehead atoms. The highest BCUT2D eigenvalue weighted by molar-refractivity contribution is 7.81. The largest absolute Gasteiger partial charge is 0.163 e. The number of hydrogen-bond donors (Lipinski definition) is 1. The highest BCUT2D eigenvalue weighted by Gasteiger charge is 2.22. The fourth-order valence-electron chi connectivity index (χ4n) is 1.27.